The Bertz CT molecular complexity index is 987. The molecule has 2 fully saturated rings. The maximum absolute atomic E-state index is 13.1. The molecule has 0 aromatic heterocycles. The average molecular weight is 496 g/mol. The van der Waals surface area contributed by atoms with Gasteiger partial charge in [0.1, 0.15) is 0 Å². The van der Waals surface area contributed by atoms with Crippen LogP contribution in [0.4, 0.5) is 18.9 Å². The van der Waals surface area contributed by atoms with Crippen molar-refractivity contribution in [2.24, 2.45) is 0 Å². The average Bonchev–Trinajstić information content (AvgIpc) is 3.34. The van der Waals surface area contributed by atoms with E-state index in [4.69, 9.17) is 0 Å². The summed E-state index contributed by atoms with van der Waals surface area (Å²) in [6, 6.07) is 12.7. The molecule has 2 aliphatic rings. The van der Waals surface area contributed by atoms with E-state index in [0.717, 1.165) is 17.6 Å². The molecule has 10 heteroatoms. The Hall–Kier alpha value is -2.17. The summed E-state index contributed by atoms with van der Waals surface area (Å²) in [5.74, 6) is 1.74. The van der Waals surface area contributed by atoms with Crippen LogP contribution in [0.1, 0.15) is 26.1 Å². The van der Waals surface area contributed by atoms with Gasteiger partial charge in [0, 0.05) is 43.2 Å². The highest BCUT2D eigenvalue weighted by atomic mass is 32.2. The lowest BCUT2D eigenvalue weighted by Crippen LogP contribution is -2.50. The number of amides is 2. The largest absolute Gasteiger partial charge is 0.418 e. The second-order valence-electron chi connectivity index (χ2n) is 7.86. The van der Waals surface area contributed by atoms with Gasteiger partial charge in [-0.15, -0.1) is 23.5 Å². The number of anilines is 1. The number of nitrogens with one attached hydrogen (secondary N) is 1. The standard InChI is InChI=1S/C23H24F3N3O2S2/c24-23(25,26)18-3-1-2-4-19(18)27-20(30)15-28-9-11-29(12-10-28)21(31)16-5-7-17(8-6-16)22-32-13-14-33-22/h1-8,22H,9-15H2,(H,27,30). The number of nitrogens with zero attached hydrogens (tertiary/aromatic N) is 2. The number of hydrogen-bond acceptors (Lipinski definition) is 5. The highest BCUT2D eigenvalue weighted by Crippen LogP contribution is 2.45. The molecule has 0 unspecified atom stereocenters. The third kappa shape index (κ3) is 6.04. The molecule has 0 saturated carbocycles. The van der Waals surface area contributed by atoms with E-state index in [0.29, 0.717) is 36.3 Å². The lowest BCUT2D eigenvalue weighted by Gasteiger charge is -2.34. The summed E-state index contributed by atoms with van der Waals surface area (Å²) in [4.78, 5) is 28.8. The number of para-hydroxylation sites is 1. The topological polar surface area (TPSA) is 52.7 Å². The Morgan fingerprint density at radius 2 is 1.58 bits per heavy atom. The Kier molecular flexibility index (Phi) is 7.55. The van der Waals surface area contributed by atoms with E-state index >= 15 is 0 Å². The molecule has 0 atom stereocenters. The van der Waals surface area contributed by atoms with Gasteiger partial charge in [0.2, 0.25) is 5.91 Å². The minimum absolute atomic E-state index is 0.0281. The first-order valence-electron chi connectivity index (χ1n) is 10.6. The molecule has 2 saturated heterocycles. The molecule has 2 aromatic carbocycles. The van der Waals surface area contributed by atoms with E-state index in [2.05, 4.69) is 5.32 Å². The van der Waals surface area contributed by atoms with E-state index in [-0.39, 0.29) is 18.1 Å². The fourth-order valence-corrected chi connectivity index (χ4v) is 6.72. The summed E-state index contributed by atoms with van der Waals surface area (Å²) in [6.45, 7) is 1.85. The van der Waals surface area contributed by atoms with Crippen LogP contribution in [0.5, 0.6) is 0 Å². The first-order valence-corrected chi connectivity index (χ1v) is 12.7. The Morgan fingerprint density at radius 3 is 2.21 bits per heavy atom. The lowest BCUT2D eigenvalue weighted by atomic mass is 10.1. The number of hydrogen-bond donors (Lipinski definition) is 1. The maximum Gasteiger partial charge on any atom is 0.418 e. The van der Waals surface area contributed by atoms with Crippen LogP contribution in [0.2, 0.25) is 0 Å². The molecule has 0 spiro atoms. The summed E-state index contributed by atoms with van der Waals surface area (Å²) in [6.07, 6.45) is -4.54. The summed E-state index contributed by atoms with van der Waals surface area (Å²) >= 11 is 3.84. The van der Waals surface area contributed by atoms with Crippen molar-refractivity contribution in [3.63, 3.8) is 0 Å². The van der Waals surface area contributed by atoms with Gasteiger partial charge in [-0.05, 0) is 29.8 Å². The first-order chi connectivity index (χ1) is 15.8. The molecule has 0 aliphatic carbocycles. The van der Waals surface area contributed by atoms with Crippen molar-refractivity contribution in [3.8, 4) is 0 Å². The number of thioether (sulfide) groups is 2. The van der Waals surface area contributed by atoms with Crippen molar-refractivity contribution < 1.29 is 22.8 Å². The molecular formula is C23H24F3N3O2S2. The van der Waals surface area contributed by atoms with Gasteiger partial charge in [-0.3, -0.25) is 14.5 Å². The Balaban J connectivity index is 1.27. The van der Waals surface area contributed by atoms with Crippen molar-refractivity contribution >= 4 is 41.0 Å². The van der Waals surface area contributed by atoms with Gasteiger partial charge < -0.3 is 10.2 Å². The molecule has 0 radical (unpaired) electrons. The van der Waals surface area contributed by atoms with Gasteiger partial charge in [0.05, 0.1) is 22.4 Å². The third-order valence-electron chi connectivity index (χ3n) is 5.58. The molecule has 5 nitrogen and oxygen atoms in total. The number of halogens is 3. The van der Waals surface area contributed by atoms with Crippen LogP contribution in [-0.2, 0) is 11.0 Å². The van der Waals surface area contributed by atoms with Crippen LogP contribution in [0.25, 0.3) is 0 Å². The number of alkyl halides is 3. The quantitative estimate of drug-likeness (QED) is 0.658. The first kappa shape index (κ1) is 24.0. The highest BCUT2D eigenvalue weighted by molar-refractivity contribution is 8.19. The molecule has 1 N–H and O–H groups in total. The normalized spacial score (nSPS) is 17.8. The van der Waals surface area contributed by atoms with Crippen molar-refractivity contribution in [1.29, 1.82) is 0 Å². The second-order valence-corrected chi connectivity index (χ2v) is 10.6. The van der Waals surface area contributed by atoms with Crippen molar-refractivity contribution in [2.75, 3.05) is 49.5 Å². The fourth-order valence-electron chi connectivity index (χ4n) is 3.86. The van der Waals surface area contributed by atoms with Gasteiger partial charge in [-0.2, -0.15) is 13.2 Å². The molecule has 4 rings (SSSR count). The van der Waals surface area contributed by atoms with Crippen LogP contribution < -0.4 is 5.32 Å². The van der Waals surface area contributed by atoms with E-state index in [1.165, 1.54) is 23.8 Å². The molecule has 2 aliphatic heterocycles. The lowest BCUT2D eigenvalue weighted by molar-refractivity contribution is -0.137. The Morgan fingerprint density at radius 1 is 0.939 bits per heavy atom. The van der Waals surface area contributed by atoms with Crippen molar-refractivity contribution in [1.82, 2.24) is 9.80 Å². The molecule has 176 valence electrons. The number of piperazine rings is 1. The van der Waals surface area contributed by atoms with E-state index in [9.17, 15) is 22.8 Å². The van der Waals surface area contributed by atoms with Crippen LogP contribution in [0, 0.1) is 0 Å². The van der Waals surface area contributed by atoms with E-state index in [1.54, 1.807) is 4.90 Å². The monoisotopic (exact) mass is 495 g/mol. The number of carbonyl (C=O) groups excluding carboxylic acids is 2. The second kappa shape index (κ2) is 10.4. The van der Waals surface area contributed by atoms with Gasteiger partial charge in [-0.1, -0.05) is 24.3 Å². The summed E-state index contributed by atoms with van der Waals surface area (Å²) in [5, 5.41) is 2.37. The van der Waals surface area contributed by atoms with Crippen LogP contribution in [-0.4, -0.2) is 65.8 Å². The minimum Gasteiger partial charge on any atom is -0.336 e. The molecule has 33 heavy (non-hydrogen) atoms. The van der Waals surface area contributed by atoms with E-state index < -0.39 is 17.6 Å². The third-order valence-corrected chi connectivity index (χ3v) is 8.69. The molecule has 2 amide bonds. The summed E-state index contributed by atoms with van der Waals surface area (Å²) in [5.41, 5.74) is 0.746. The highest BCUT2D eigenvalue weighted by Gasteiger charge is 2.33. The maximum atomic E-state index is 13.1. The van der Waals surface area contributed by atoms with Gasteiger partial charge in [-0.25, -0.2) is 0 Å². The van der Waals surface area contributed by atoms with Crippen LogP contribution in [0.15, 0.2) is 48.5 Å². The zero-order valence-electron chi connectivity index (χ0n) is 17.8. The predicted molar refractivity (Wildman–Crippen MR) is 127 cm³/mol. The molecule has 0 bridgehead atoms. The Labute approximate surface area is 199 Å². The zero-order chi connectivity index (χ0) is 23.4. The SMILES string of the molecule is O=C(CN1CCN(C(=O)c2ccc(C3SCCS3)cc2)CC1)Nc1ccccc1C(F)(F)F. The number of benzene rings is 2. The summed E-state index contributed by atoms with van der Waals surface area (Å²) < 4.78 is 39.8. The van der Waals surface area contributed by atoms with Gasteiger partial charge in [0.25, 0.3) is 5.91 Å². The zero-order valence-corrected chi connectivity index (χ0v) is 19.4. The predicted octanol–water partition coefficient (Wildman–Crippen LogP) is 4.58. The number of carbonyl (C=O) groups is 2. The van der Waals surface area contributed by atoms with Gasteiger partial charge in [0.15, 0.2) is 0 Å². The van der Waals surface area contributed by atoms with Gasteiger partial charge >= 0.3 is 6.18 Å². The molecule has 2 aromatic rings. The molecule has 2 heterocycles. The smallest absolute Gasteiger partial charge is 0.336 e. The van der Waals surface area contributed by atoms with E-state index in [1.807, 2.05) is 52.7 Å². The minimum atomic E-state index is -4.54. The van der Waals surface area contributed by atoms with Crippen LogP contribution in [0.3, 0.4) is 0 Å². The molecular weight excluding hydrogens is 471 g/mol. The summed E-state index contributed by atoms with van der Waals surface area (Å²) in [7, 11) is 0. The fraction of sp³-hybridized carbons (Fsp3) is 0.391. The van der Waals surface area contributed by atoms with Crippen LogP contribution >= 0.6 is 23.5 Å². The van der Waals surface area contributed by atoms with Crippen molar-refractivity contribution in [3.05, 3.63) is 65.2 Å². The van der Waals surface area contributed by atoms with Crippen molar-refractivity contribution in [2.45, 2.75) is 10.8 Å². The number of rotatable bonds is 5.